The number of benzene rings is 1. The molecule has 2 heterocycles. The molecule has 3 rings (SSSR count). The monoisotopic (exact) mass is 497 g/mol. The standard InChI is InChI=1S/C20H15F3IN3O/c1-11-3-7-17(25-10-11)15-9-13(4-6-16(15)24)27-19(28)14-5-8-18(20(21,22)23)26-12(14)2/h3-10H,1-2H3,(H,27,28). The lowest BCUT2D eigenvalue weighted by molar-refractivity contribution is -0.141. The van der Waals surface area contributed by atoms with Crippen LogP contribution in [-0.2, 0) is 6.18 Å². The van der Waals surface area contributed by atoms with Crippen LogP contribution in [-0.4, -0.2) is 15.9 Å². The van der Waals surface area contributed by atoms with Gasteiger partial charge in [-0.2, -0.15) is 13.2 Å². The van der Waals surface area contributed by atoms with Gasteiger partial charge in [-0.05, 0) is 78.4 Å². The fourth-order valence-electron chi connectivity index (χ4n) is 2.58. The number of pyridine rings is 2. The average molecular weight is 497 g/mol. The molecule has 0 aliphatic heterocycles. The van der Waals surface area contributed by atoms with E-state index >= 15 is 0 Å². The van der Waals surface area contributed by atoms with Gasteiger partial charge in [0.2, 0.25) is 0 Å². The number of alkyl halides is 3. The minimum Gasteiger partial charge on any atom is -0.322 e. The quantitative estimate of drug-likeness (QED) is 0.477. The van der Waals surface area contributed by atoms with Gasteiger partial charge in [0.15, 0.2) is 0 Å². The molecule has 28 heavy (non-hydrogen) atoms. The van der Waals surface area contributed by atoms with Crippen molar-refractivity contribution in [3.8, 4) is 11.3 Å². The summed E-state index contributed by atoms with van der Waals surface area (Å²) in [4.78, 5) is 20.4. The van der Waals surface area contributed by atoms with E-state index in [0.717, 1.165) is 32.5 Å². The lowest BCUT2D eigenvalue weighted by Crippen LogP contribution is -2.16. The molecular formula is C20H15F3IN3O. The number of nitrogens with zero attached hydrogens (tertiary/aromatic N) is 2. The number of rotatable bonds is 3. The van der Waals surface area contributed by atoms with Gasteiger partial charge in [0.1, 0.15) is 5.69 Å². The Bertz CT molecular complexity index is 1030. The third kappa shape index (κ3) is 4.49. The summed E-state index contributed by atoms with van der Waals surface area (Å²) in [6, 6.07) is 11.1. The number of carbonyl (C=O) groups is 1. The normalized spacial score (nSPS) is 11.4. The third-order valence-corrected chi connectivity index (χ3v) is 4.97. The number of aryl methyl sites for hydroxylation is 2. The van der Waals surface area contributed by atoms with Gasteiger partial charge in [0, 0.05) is 21.0 Å². The Morgan fingerprint density at radius 2 is 1.82 bits per heavy atom. The molecule has 0 unspecified atom stereocenters. The molecule has 1 aromatic carbocycles. The van der Waals surface area contributed by atoms with Crippen LogP contribution < -0.4 is 5.32 Å². The third-order valence-electron chi connectivity index (χ3n) is 4.03. The van der Waals surface area contributed by atoms with Crippen LogP contribution in [0.2, 0.25) is 0 Å². The van der Waals surface area contributed by atoms with Gasteiger partial charge in [0.05, 0.1) is 17.0 Å². The fourth-order valence-corrected chi connectivity index (χ4v) is 3.20. The molecule has 3 aromatic rings. The van der Waals surface area contributed by atoms with E-state index in [2.05, 4.69) is 37.9 Å². The second-order valence-corrected chi connectivity index (χ2v) is 7.36. The van der Waals surface area contributed by atoms with E-state index in [1.807, 2.05) is 25.1 Å². The number of aromatic nitrogens is 2. The smallest absolute Gasteiger partial charge is 0.322 e. The SMILES string of the molecule is Cc1ccc(-c2cc(NC(=O)c3ccc(C(F)(F)F)nc3C)ccc2I)nc1. The van der Waals surface area contributed by atoms with E-state index < -0.39 is 17.8 Å². The molecule has 1 N–H and O–H groups in total. The van der Waals surface area contributed by atoms with Crippen molar-refractivity contribution in [2.24, 2.45) is 0 Å². The highest BCUT2D eigenvalue weighted by molar-refractivity contribution is 14.1. The Morgan fingerprint density at radius 3 is 2.43 bits per heavy atom. The van der Waals surface area contributed by atoms with Crippen LogP contribution in [0.5, 0.6) is 0 Å². The van der Waals surface area contributed by atoms with Crippen LogP contribution in [0.3, 0.4) is 0 Å². The van der Waals surface area contributed by atoms with Crippen molar-refractivity contribution in [1.82, 2.24) is 9.97 Å². The van der Waals surface area contributed by atoms with Crippen molar-refractivity contribution in [3.63, 3.8) is 0 Å². The maximum absolute atomic E-state index is 12.7. The van der Waals surface area contributed by atoms with Gasteiger partial charge >= 0.3 is 6.18 Å². The van der Waals surface area contributed by atoms with Crippen LogP contribution in [0.4, 0.5) is 18.9 Å². The number of hydrogen-bond acceptors (Lipinski definition) is 3. The summed E-state index contributed by atoms with van der Waals surface area (Å²) < 4.78 is 39.2. The van der Waals surface area contributed by atoms with Crippen molar-refractivity contribution in [2.75, 3.05) is 5.32 Å². The summed E-state index contributed by atoms with van der Waals surface area (Å²) in [7, 11) is 0. The molecule has 0 fully saturated rings. The maximum Gasteiger partial charge on any atom is 0.433 e. The first-order chi connectivity index (χ1) is 13.1. The Labute approximate surface area is 173 Å². The predicted molar refractivity (Wildman–Crippen MR) is 109 cm³/mol. The molecule has 0 aliphatic carbocycles. The zero-order valence-electron chi connectivity index (χ0n) is 14.9. The molecular weight excluding hydrogens is 482 g/mol. The molecule has 0 saturated heterocycles. The molecule has 4 nitrogen and oxygen atoms in total. The topological polar surface area (TPSA) is 54.9 Å². The molecule has 2 aromatic heterocycles. The zero-order chi connectivity index (χ0) is 20.5. The van der Waals surface area contributed by atoms with E-state index in [0.29, 0.717) is 5.69 Å². The number of carbonyl (C=O) groups excluding carboxylic acids is 1. The van der Waals surface area contributed by atoms with Crippen molar-refractivity contribution in [3.05, 3.63) is 74.7 Å². The number of hydrogen-bond donors (Lipinski definition) is 1. The molecule has 0 spiro atoms. The van der Waals surface area contributed by atoms with Crippen molar-refractivity contribution in [1.29, 1.82) is 0 Å². The van der Waals surface area contributed by atoms with Gasteiger partial charge in [-0.1, -0.05) is 6.07 Å². The van der Waals surface area contributed by atoms with Crippen LogP contribution in [0.15, 0.2) is 48.7 Å². The van der Waals surface area contributed by atoms with Crippen LogP contribution in [0.25, 0.3) is 11.3 Å². The number of anilines is 1. The average Bonchev–Trinajstić information content (AvgIpc) is 2.63. The number of amides is 1. The molecule has 144 valence electrons. The van der Waals surface area contributed by atoms with Gasteiger partial charge in [-0.3, -0.25) is 9.78 Å². The minimum absolute atomic E-state index is 0.0123. The molecule has 0 saturated carbocycles. The Hall–Kier alpha value is -2.49. The minimum atomic E-state index is -4.55. The largest absolute Gasteiger partial charge is 0.433 e. The van der Waals surface area contributed by atoms with Crippen molar-refractivity contribution in [2.45, 2.75) is 20.0 Å². The number of halogens is 4. The second-order valence-electron chi connectivity index (χ2n) is 6.20. The zero-order valence-corrected chi connectivity index (χ0v) is 17.1. The van der Waals surface area contributed by atoms with E-state index in [-0.39, 0.29) is 11.3 Å². The summed E-state index contributed by atoms with van der Waals surface area (Å²) in [6.07, 6.45) is -2.79. The lowest BCUT2D eigenvalue weighted by Gasteiger charge is -2.12. The van der Waals surface area contributed by atoms with Crippen molar-refractivity contribution < 1.29 is 18.0 Å². The van der Waals surface area contributed by atoms with Gasteiger partial charge in [0.25, 0.3) is 5.91 Å². The van der Waals surface area contributed by atoms with Crippen LogP contribution in [0.1, 0.15) is 27.3 Å². The summed E-state index contributed by atoms with van der Waals surface area (Å²) in [5.41, 5.74) is 2.23. The summed E-state index contributed by atoms with van der Waals surface area (Å²) >= 11 is 2.18. The first-order valence-corrected chi connectivity index (χ1v) is 9.32. The van der Waals surface area contributed by atoms with Crippen LogP contribution >= 0.6 is 22.6 Å². The second kappa shape index (κ2) is 7.86. The summed E-state index contributed by atoms with van der Waals surface area (Å²) in [5, 5.41) is 2.71. The van der Waals surface area contributed by atoms with E-state index in [9.17, 15) is 18.0 Å². The highest BCUT2D eigenvalue weighted by atomic mass is 127. The fraction of sp³-hybridized carbons (Fsp3) is 0.150. The van der Waals surface area contributed by atoms with E-state index in [1.54, 1.807) is 18.3 Å². The molecule has 0 bridgehead atoms. The van der Waals surface area contributed by atoms with Gasteiger partial charge in [-0.25, -0.2) is 4.98 Å². The molecule has 0 radical (unpaired) electrons. The molecule has 0 aliphatic rings. The Kier molecular flexibility index (Phi) is 5.69. The molecule has 0 atom stereocenters. The van der Waals surface area contributed by atoms with Gasteiger partial charge < -0.3 is 5.32 Å². The highest BCUT2D eigenvalue weighted by Crippen LogP contribution is 2.29. The van der Waals surface area contributed by atoms with E-state index in [4.69, 9.17) is 0 Å². The number of nitrogens with one attached hydrogen (secondary N) is 1. The Morgan fingerprint density at radius 1 is 1.07 bits per heavy atom. The molecule has 1 amide bonds. The lowest BCUT2D eigenvalue weighted by atomic mass is 10.1. The Balaban J connectivity index is 1.87. The predicted octanol–water partition coefficient (Wildman–Crippen LogP) is 5.64. The van der Waals surface area contributed by atoms with E-state index in [1.165, 1.54) is 6.92 Å². The first-order valence-electron chi connectivity index (χ1n) is 8.24. The maximum atomic E-state index is 12.7. The van der Waals surface area contributed by atoms with Gasteiger partial charge in [-0.15, -0.1) is 0 Å². The summed E-state index contributed by atoms with van der Waals surface area (Å²) in [6.45, 7) is 3.32. The molecule has 8 heteroatoms. The summed E-state index contributed by atoms with van der Waals surface area (Å²) in [5.74, 6) is -0.525. The van der Waals surface area contributed by atoms with Crippen molar-refractivity contribution >= 4 is 34.2 Å². The first kappa shape index (κ1) is 20.2. The van der Waals surface area contributed by atoms with Crippen LogP contribution in [0, 0.1) is 17.4 Å². The highest BCUT2D eigenvalue weighted by Gasteiger charge is 2.33.